The van der Waals surface area contributed by atoms with Crippen LogP contribution in [-0.4, -0.2) is 16.1 Å². The van der Waals surface area contributed by atoms with E-state index in [0.29, 0.717) is 0 Å². The molecule has 0 N–H and O–H groups in total. The van der Waals surface area contributed by atoms with E-state index in [1.165, 1.54) is 22.2 Å². The third-order valence-electron chi connectivity index (χ3n) is 5.15. The van der Waals surface area contributed by atoms with E-state index in [9.17, 15) is 0 Å². The molecule has 0 amide bonds. The number of benzene rings is 2. The largest absolute Gasteiger partial charge is 0.343 e. The number of rotatable bonds is 2. The summed E-state index contributed by atoms with van der Waals surface area (Å²) in [6.07, 6.45) is 1.01. The highest BCUT2D eigenvalue weighted by Crippen LogP contribution is 2.37. The van der Waals surface area contributed by atoms with Gasteiger partial charge >= 0.3 is 0 Å². The first-order valence-corrected chi connectivity index (χ1v) is 10.3. The molecule has 0 saturated heterocycles. The van der Waals surface area contributed by atoms with Gasteiger partial charge in [-0.1, -0.05) is 34.5 Å². The second kappa shape index (κ2) is 6.15. The minimum absolute atomic E-state index is 0.761. The number of anilines is 1. The lowest BCUT2D eigenvalue weighted by molar-refractivity contribution is 0.656. The summed E-state index contributed by atoms with van der Waals surface area (Å²) in [6, 6.07) is 12.1. The summed E-state index contributed by atoms with van der Waals surface area (Å²) in [5, 5.41) is 3.93. The predicted molar refractivity (Wildman–Crippen MR) is 112 cm³/mol. The highest BCUT2D eigenvalue weighted by atomic mass is 35.5. The summed E-state index contributed by atoms with van der Waals surface area (Å²) < 4.78 is 3.55. The molecule has 1 aliphatic heterocycles. The van der Waals surface area contributed by atoms with Crippen LogP contribution in [-0.2, 0) is 19.5 Å². The van der Waals surface area contributed by atoms with Crippen LogP contribution in [0.2, 0.25) is 10.0 Å². The Morgan fingerprint density at radius 1 is 1.12 bits per heavy atom. The first-order chi connectivity index (χ1) is 12.6. The van der Waals surface area contributed by atoms with Gasteiger partial charge in [-0.05, 0) is 55.3 Å². The van der Waals surface area contributed by atoms with Crippen LogP contribution in [0.3, 0.4) is 0 Å². The number of fused-ring (bicyclic) bond motifs is 4. The number of hydrogen-bond donors (Lipinski definition) is 0. The van der Waals surface area contributed by atoms with E-state index in [2.05, 4.69) is 28.5 Å². The number of aromatic nitrogens is 2. The van der Waals surface area contributed by atoms with E-state index in [-0.39, 0.29) is 0 Å². The van der Waals surface area contributed by atoms with Crippen molar-refractivity contribution >= 4 is 60.8 Å². The van der Waals surface area contributed by atoms with Gasteiger partial charge in [0, 0.05) is 39.7 Å². The Labute approximate surface area is 165 Å². The van der Waals surface area contributed by atoms with Crippen LogP contribution in [0.15, 0.2) is 36.4 Å². The Bertz CT molecular complexity index is 1150. The van der Waals surface area contributed by atoms with Gasteiger partial charge in [-0.2, -0.15) is 0 Å². The van der Waals surface area contributed by atoms with E-state index in [0.717, 1.165) is 51.4 Å². The zero-order valence-corrected chi connectivity index (χ0v) is 16.6. The van der Waals surface area contributed by atoms with Crippen LogP contribution < -0.4 is 4.90 Å². The quantitative estimate of drug-likeness (QED) is 0.402. The van der Waals surface area contributed by atoms with Crippen LogP contribution in [0.5, 0.6) is 0 Å². The predicted octanol–water partition coefficient (Wildman–Crippen LogP) is 6.14. The van der Waals surface area contributed by atoms with Gasteiger partial charge in [0.05, 0.1) is 16.8 Å². The Balaban J connectivity index is 1.59. The molecule has 0 atom stereocenters. The van der Waals surface area contributed by atoms with Crippen molar-refractivity contribution in [2.75, 3.05) is 11.4 Å². The number of aryl methyl sites for hydroxylation is 1. The van der Waals surface area contributed by atoms with E-state index in [1.54, 1.807) is 11.3 Å². The Hall–Kier alpha value is -1.75. The Kier molecular flexibility index (Phi) is 3.89. The van der Waals surface area contributed by atoms with Crippen LogP contribution >= 0.6 is 34.5 Å². The van der Waals surface area contributed by atoms with E-state index < -0.39 is 0 Å². The zero-order chi connectivity index (χ0) is 17.8. The van der Waals surface area contributed by atoms with Gasteiger partial charge < -0.3 is 9.47 Å². The van der Waals surface area contributed by atoms with Crippen molar-refractivity contribution in [1.82, 2.24) is 9.55 Å². The van der Waals surface area contributed by atoms with Crippen LogP contribution in [0, 0.1) is 0 Å². The average molecular weight is 402 g/mol. The van der Waals surface area contributed by atoms with Gasteiger partial charge in [0.15, 0.2) is 5.13 Å². The zero-order valence-electron chi connectivity index (χ0n) is 14.3. The molecular formula is C20H17Cl2N3S. The maximum absolute atomic E-state index is 6.26. The lowest BCUT2D eigenvalue weighted by Crippen LogP contribution is -2.31. The molecule has 5 rings (SSSR count). The summed E-state index contributed by atoms with van der Waals surface area (Å²) in [6.45, 7) is 5.00. The van der Waals surface area contributed by atoms with Gasteiger partial charge in [-0.25, -0.2) is 4.98 Å². The van der Waals surface area contributed by atoms with Gasteiger partial charge in [0.1, 0.15) is 0 Å². The van der Waals surface area contributed by atoms with Crippen LogP contribution in [0.25, 0.3) is 21.1 Å². The first kappa shape index (κ1) is 16.4. The van der Waals surface area contributed by atoms with Crippen molar-refractivity contribution in [1.29, 1.82) is 0 Å². The number of nitrogens with zero attached hydrogens (tertiary/aromatic N) is 3. The molecule has 132 valence electrons. The van der Waals surface area contributed by atoms with Crippen molar-refractivity contribution in [3.8, 4) is 0 Å². The minimum Gasteiger partial charge on any atom is -0.343 e. The Morgan fingerprint density at radius 2 is 1.92 bits per heavy atom. The van der Waals surface area contributed by atoms with Crippen molar-refractivity contribution in [2.45, 2.75) is 26.4 Å². The van der Waals surface area contributed by atoms with Crippen LogP contribution in [0.1, 0.15) is 18.2 Å². The monoisotopic (exact) mass is 401 g/mol. The van der Waals surface area contributed by atoms with E-state index >= 15 is 0 Å². The molecular weight excluding hydrogens is 385 g/mol. The molecule has 0 fully saturated rings. The maximum atomic E-state index is 6.26. The molecule has 26 heavy (non-hydrogen) atoms. The lowest BCUT2D eigenvalue weighted by atomic mass is 10.0. The van der Waals surface area contributed by atoms with Crippen LogP contribution in [0.4, 0.5) is 5.13 Å². The summed E-state index contributed by atoms with van der Waals surface area (Å²) >= 11 is 14.1. The summed E-state index contributed by atoms with van der Waals surface area (Å²) in [5.74, 6) is 0. The molecule has 2 aromatic heterocycles. The second-order valence-electron chi connectivity index (χ2n) is 6.61. The molecule has 3 heterocycles. The molecule has 2 aromatic carbocycles. The molecule has 0 saturated carbocycles. The molecule has 1 aliphatic rings. The molecule has 4 aromatic rings. The first-order valence-electron chi connectivity index (χ1n) is 8.74. The average Bonchev–Trinajstić information content (AvgIpc) is 3.19. The van der Waals surface area contributed by atoms with Gasteiger partial charge in [0.2, 0.25) is 0 Å². The van der Waals surface area contributed by atoms with Gasteiger partial charge in [-0.3, -0.25) is 0 Å². The second-order valence-corrected chi connectivity index (χ2v) is 8.49. The van der Waals surface area contributed by atoms with Gasteiger partial charge in [0.25, 0.3) is 0 Å². The van der Waals surface area contributed by atoms with Gasteiger partial charge in [-0.15, -0.1) is 0 Å². The lowest BCUT2D eigenvalue weighted by Gasteiger charge is -2.28. The molecule has 0 unspecified atom stereocenters. The van der Waals surface area contributed by atoms with Crippen molar-refractivity contribution in [3.63, 3.8) is 0 Å². The highest BCUT2D eigenvalue weighted by molar-refractivity contribution is 7.22. The Morgan fingerprint density at radius 3 is 2.77 bits per heavy atom. The molecule has 6 heteroatoms. The summed E-state index contributed by atoms with van der Waals surface area (Å²) in [4.78, 5) is 7.21. The summed E-state index contributed by atoms with van der Waals surface area (Å²) in [7, 11) is 0. The fourth-order valence-corrected chi connectivity index (χ4v) is 5.40. The van der Waals surface area contributed by atoms with Crippen molar-refractivity contribution < 1.29 is 0 Å². The minimum atomic E-state index is 0.761. The van der Waals surface area contributed by atoms with E-state index in [4.69, 9.17) is 28.2 Å². The molecule has 0 radical (unpaired) electrons. The summed E-state index contributed by atoms with van der Waals surface area (Å²) in [5.41, 5.74) is 5.11. The fraction of sp³-hybridized carbons (Fsp3) is 0.250. The molecule has 0 aliphatic carbocycles. The third kappa shape index (κ3) is 2.51. The number of hydrogen-bond acceptors (Lipinski definition) is 3. The topological polar surface area (TPSA) is 21.1 Å². The smallest absolute Gasteiger partial charge is 0.186 e. The normalized spacial score (nSPS) is 14.3. The van der Waals surface area contributed by atoms with E-state index in [1.807, 2.05) is 24.3 Å². The highest BCUT2D eigenvalue weighted by Gasteiger charge is 2.25. The SMILES string of the molecule is CCn1c2c(c3cc(Cl)ccc31)CCN(c1nc3ccc(Cl)cc3s1)C2. The maximum Gasteiger partial charge on any atom is 0.186 e. The third-order valence-corrected chi connectivity index (χ3v) is 6.70. The number of halogens is 2. The molecule has 0 spiro atoms. The fourth-order valence-electron chi connectivity index (χ4n) is 3.96. The van der Waals surface area contributed by atoms with Crippen molar-refractivity contribution in [3.05, 3.63) is 57.7 Å². The number of thiazole rings is 1. The molecule has 3 nitrogen and oxygen atoms in total. The van der Waals surface area contributed by atoms with Crippen molar-refractivity contribution in [2.24, 2.45) is 0 Å². The standard InChI is InChI=1S/C20H17Cl2N3S/c1-2-25-17-6-4-12(21)9-15(17)14-7-8-24(11-18(14)25)20-23-16-5-3-13(22)10-19(16)26-20/h3-6,9-10H,2,7-8,11H2,1H3. The molecule has 0 bridgehead atoms.